The van der Waals surface area contributed by atoms with Crippen LogP contribution in [0.25, 0.3) is 0 Å². The van der Waals surface area contributed by atoms with Gasteiger partial charge in [-0.25, -0.2) is 0 Å². The number of rotatable bonds is 6. The van der Waals surface area contributed by atoms with Gasteiger partial charge in [-0.2, -0.15) is 0 Å². The van der Waals surface area contributed by atoms with E-state index in [2.05, 4.69) is 54.4 Å². The molecule has 2 aromatic carbocycles. The molecule has 30 heavy (non-hydrogen) atoms. The maximum atomic E-state index is 11.3. The Morgan fingerprint density at radius 1 is 1.13 bits per heavy atom. The van der Waals surface area contributed by atoms with Crippen molar-refractivity contribution in [2.75, 3.05) is 13.1 Å². The Morgan fingerprint density at radius 3 is 2.63 bits per heavy atom. The van der Waals surface area contributed by atoms with Gasteiger partial charge >= 0.3 is 0 Å². The molecule has 1 unspecified atom stereocenters. The summed E-state index contributed by atoms with van der Waals surface area (Å²) in [4.78, 5) is 13.4. The number of benzene rings is 2. The lowest BCUT2D eigenvalue weighted by Gasteiger charge is -2.37. The molecular weight excluding hydrogens is 374 g/mol. The van der Waals surface area contributed by atoms with Crippen LogP contribution in [0.3, 0.4) is 0 Å². The topological polar surface area (TPSA) is 58.4 Å². The molecule has 4 rings (SSSR count). The summed E-state index contributed by atoms with van der Waals surface area (Å²) < 4.78 is 0. The van der Waals surface area contributed by atoms with E-state index in [-0.39, 0.29) is 16.5 Å². The Labute approximate surface area is 178 Å². The highest BCUT2D eigenvalue weighted by Gasteiger charge is 2.29. The smallest absolute Gasteiger partial charge is 0.269 e. The van der Waals surface area contributed by atoms with Crippen LogP contribution in [0.5, 0.6) is 0 Å². The molecule has 0 amide bonds. The Bertz CT molecular complexity index is 975. The van der Waals surface area contributed by atoms with E-state index in [9.17, 15) is 10.1 Å². The second-order valence-electron chi connectivity index (χ2n) is 8.38. The molecule has 2 aliphatic heterocycles. The van der Waals surface area contributed by atoms with Crippen LogP contribution in [0.1, 0.15) is 43.7 Å². The van der Waals surface area contributed by atoms with Gasteiger partial charge in [-0.3, -0.25) is 10.1 Å². The molecule has 2 aromatic rings. The van der Waals surface area contributed by atoms with Crippen molar-refractivity contribution < 1.29 is 4.92 Å². The second-order valence-corrected chi connectivity index (χ2v) is 8.38. The molecule has 0 aliphatic carbocycles. The van der Waals surface area contributed by atoms with Gasteiger partial charge in [0, 0.05) is 36.0 Å². The van der Waals surface area contributed by atoms with E-state index in [0.717, 1.165) is 31.6 Å². The molecule has 2 aliphatic rings. The first-order chi connectivity index (χ1) is 14.5. The van der Waals surface area contributed by atoms with Crippen LogP contribution in [0.15, 0.2) is 77.6 Å². The van der Waals surface area contributed by atoms with E-state index < -0.39 is 0 Å². The van der Waals surface area contributed by atoms with Crippen molar-refractivity contribution in [3.8, 4) is 0 Å². The third-order valence-corrected chi connectivity index (χ3v) is 6.37. The Hall–Kier alpha value is -2.92. The lowest BCUT2D eigenvalue weighted by atomic mass is 9.81. The number of nitro benzene ring substituents is 1. The third kappa shape index (κ3) is 4.31. The summed E-state index contributed by atoms with van der Waals surface area (Å²) in [5.41, 5.74) is 6.29. The molecule has 2 atom stereocenters. The fraction of sp³-hybridized carbons (Fsp3) is 0.360. The number of hydrogen-bond acceptors (Lipinski definition) is 4. The molecule has 0 spiro atoms. The van der Waals surface area contributed by atoms with Crippen molar-refractivity contribution in [2.24, 2.45) is 5.92 Å². The zero-order chi connectivity index (χ0) is 21.1. The van der Waals surface area contributed by atoms with E-state index in [1.165, 1.54) is 29.0 Å². The third-order valence-electron chi connectivity index (χ3n) is 6.37. The van der Waals surface area contributed by atoms with Crippen molar-refractivity contribution >= 4 is 5.69 Å². The second kappa shape index (κ2) is 8.84. The molecular formula is C25H29N3O2. The number of nitrogens with one attached hydrogen (secondary N) is 1. The quantitative estimate of drug-likeness (QED) is 0.520. The fourth-order valence-corrected chi connectivity index (χ4v) is 4.71. The minimum atomic E-state index is -0.304. The summed E-state index contributed by atoms with van der Waals surface area (Å²) in [6, 6.07) is 17.7. The number of allylic oxidation sites excluding steroid dienone is 4. The Morgan fingerprint density at radius 2 is 1.93 bits per heavy atom. The summed E-state index contributed by atoms with van der Waals surface area (Å²) >= 11 is 0. The van der Waals surface area contributed by atoms with Gasteiger partial charge in [0.05, 0.1) is 4.92 Å². The fourth-order valence-electron chi connectivity index (χ4n) is 4.71. The SMILES string of the molecule is CC1=C[C@@H](c2cccc([N+](=O)[O-])c2)C(CC2CCNC2)=C(C)N1Cc1ccccc1. The standard InChI is InChI=1S/C25H29N3O2/c1-18-13-25(22-9-6-10-23(15-22)28(29)30)24(14-21-11-12-26-16-21)19(2)27(18)17-20-7-4-3-5-8-20/h3-10,13,15,21,25-26H,11-12,14,16-17H2,1-2H3/t21?,25-/m0/s1. The summed E-state index contributed by atoms with van der Waals surface area (Å²) in [5, 5.41) is 14.8. The van der Waals surface area contributed by atoms with Crippen molar-refractivity contribution in [2.45, 2.75) is 39.2 Å². The minimum Gasteiger partial charge on any atom is -0.345 e. The summed E-state index contributed by atoms with van der Waals surface area (Å²) in [7, 11) is 0. The predicted octanol–water partition coefficient (Wildman–Crippen LogP) is 5.37. The molecule has 156 valence electrons. The zero-order valence-electron chi connectivity index (χ0n) is 17.7. The van der Waals surface area contributed by atoms with Crippen LogP contribution in [0, 0.1) is 16.0 Å². The molecule has 0 bridgehead atoms. The van der Waals surface area contributed by atoms with Crippen LogP contribution in [-0.2, 0) is 6.54 Å². The van der Waals surface area contributed by atoms with E-state index in [0.29, 0.717) is 5.92 Å². The van der Waals surface area contributed by atoms with Crippen LogP contribution in [0.2, 0.25) is 0 Å². The van der Waals surface area contributed by atoms with Gasteiger partial charge in [0.25, 0.3) is 5.69 Å². The number of nitrogens with zero attached hydrogens (tertiary/aromatic N) is 2. The van der Waals surface area contributed by atoms with E-state index in [1.807, 2.05) is 12.1 Å². The van der Waals surface area contributed by atoms with Gasteiger partial charge in [0.1, 0.15) is 0 Å². The highest BCUT2D eigenvalue weighted by Crippen LogP contribution is 2.41. The molecule has 2 heterocycles. The highest BCUT2D eigenvalue weighted by molar-refractivity contribution is 5.45. The van der Waals surface area contributed by atoms with Crippen LogP contribution in [-0.4, -0.2) is 22.9 Å². The lowest BCUT2D eigenvalue weighted by Crippen LogP contribution is -2.27. The lowest BCUT2D eigenvalue weighted by molar-refractivity contribution is -0.384. The average molecular weight is 404 g/mol. The first kappa shape index (κ1) is 20.4. The van der Waals surface area contributed by atoms with Crippen molar-refractivity contribution in [1.29, 1.82) is 0 Å². The highest BCUT2D eigenvalue weighted by atomic mass is 16.6. The Kier molecular flexibility index (Phi) is 6.00. The van der Waals surface area contributed by atoms with Crippen LogP contribution >= 0.6 is 0 Å². The maximum absolute atomic E-state index is 11.3. The number of non-ortho nitro benzene ring substituents is 1. The molecule has 5 nitrogen and oxygen atoms in total. The molecule has 1 fully saturated rings. The normalized spacial score (nSPS) is 21.7. The molecule has 0 radical (unpaired) electrons. The van der Waals surface area contributed by atoms with E-state index >= 15 is 0 Å². The van der Waals surface area contributed by atoms with Gasteiger partial charge in [0.2, 0.25) is 0 Å². The van der Waals surface area contributed by atoms with Gasteiger partial charge in [-0.1, -0.05) is 48.5 Å². The molecule has 0 saturated carbocycles. The average Bonchev–Trinajstić information content (AvgIpc) is 3.27. The van der Waals surface area contributed by atoms with Gasteiger partial charge in [0.15, 0.2) is 0 Å². The minimum absolute atomic E-state index is 0.0810. The van der Waals surface area contributed by atoms with Gasteiger partial charge in [-0.05, 0) is 62.4 Å². The van der Waals surface area contributed by atoms with Crippen LogP contribution in [0.4, 0.5) is 5.69 Å². The van der Waals surface area contributed by atoms with E-state index in [1.54, 1.807) is 18.2 Å². The Balaban J connectivity index is 1.71. The number of hydrogen-bond donors (Lipinski definition) is 1. The summed E-state index contributed by atoms with van der Waals surface area (Å²) in [6.45, 7) is 7.30. The molecule has 1 saturated heterocycles. The largest absolute Gasteiger partial charge is 0.345 e. The van der Waals surface area contributed by atoms with Crippen molar-refractivity contribution in [1.82, 2.24) is 10.2 Å². The van der Waals surface area contributed by atoms with E-state index in [4.69, 9.17) is 0 Å². The zero-order valence-corrected chi connectivity index (χ0v) is 17.7. The summed E-state index contributed by atoms with van der Waals surface area (Å²) in [5.74, 6) is 0.694. The van der Waals surface area contributed by atoms with Gasteiger partial charge in [-0.15, -0.1) is 0 Å². The van der Waals surface area contributed by atoms with Crippen LogP contribution < -0.4 is 5.32 Å². The van der Waals surface area contributed by atoms with Gasteiger partial charge < -0.3 is 10.2 Å². The number of nitro groups is 1. The molecule has 0 aromatic heterocycles. The monoisotopic (exact) mass is 403 g/mol. The molecule has 1 N–H and O–H groups in total. The predicted molar refractivity (Wildman–Crippen MR) is 120 cm³/mol. The van der Waals surface area contributed by atoms with Crippen molar-refractivity contribution in [3.63, 3.8) is 0 Å². The maximum Gasteiger partial charge on any atom is 0.269 e. The first-order valence-corrected chi connectivity index (χ1v) is 10.7. The first-order valence-electron chi connectivity index (χ1n) is 10.7. The van der Waals surface area contributed by atoms with Crippen molar-refractivity contribution in [3.05, 3.63) is 98.9 Å². The molecule has 5 heteroatoms. The summed E-state index contributed by atoms with van der Waals surface area (Å²) in [6.07, 6.45) is 4.48.